The van der Waals surface area contributed by atoms with E-state index in [1.807, 2.05) is 42.5 Å². The van der Waals surface area contributed by atoms with Crippen molar-refractivity contribution in [3.05, 3.63) is 65.2 Å². The van der Waals surface area contributed by atoms with Crippen LogP contribution in [-0.2, 0) is 16.1 Å². The summed E-state index contributed by atoms with van der Waals surface area (Å²) in [6, 6.07) is 17.0. The zero-order valence-corrected chi connectivity index (χ0v) is 14.7. The second-order valence-electron chi connectivity index (χ2n) is 5.26. The maximum atomic E-state index is 12.5. The van der Waals surface area contributed by atoms with Crippen LogP contribution in [0.5, 0.6) is 0 Å². The van der Waals surface area contributed by atoms with Gasteiger partial charge in [0.05, 0.1) is 5.75 Å². The van der Waals surface area contributed by atoms with E-state index in [9.17, 15) is 9.59 Å². The summed E-state index contributed by atoms with van der Waals surface area (Å²) >= 11 is 7.30. The van der Waals surface area contributed by atoms with Gasteiger partial charge in [-0.3, -0.25) is 9.59 Å². The van der Waals surface area contributed by atoms with E-state index in [2.05, 4.69) is 0 Å². The molecule has 0 saturated carbocycles. The summed E-state index contributed by atoms with van der Waals surface area (Å²) in [5.41, 5.74) is 6.24. The zero-order valence-electron chi connectivity index (χ0n) is 13.2. The molecule has 0 aliphatic heterocycles. The van der Waals surface area contributed by atoms with E-state index >= 15 is 0 Å². The van der Waals surface area contributed by atoms with E-state index in [0.29, 0.717) is 23.9 Å². The Bertz CT molecular complexity index is 677. The van der Waals surface area contributed by atoms with Gasteiger partial charge in [0.25, 0.3) is 0 Å². The summed E-state index contributed by atoms with van der Waals surface area (Å²) in [6.45, 7) is 0.790. The second-order valence-corrected chi connectivity index (χ2v) is 6.74. The Hall–Kier alpha value is -1.98. The summed E-state index contributed by atoms with van der Waals surface area (Å²) in [7, 11) is 0. The Morgan fingerprint density at radius 1 is 1.04 bits per heavy atom. The van der Waals surface area contributed by atoms with Gasteiger partial charge in [0.1, 0.15) is 0 Å². The Balaban J connectivity index is 1.97. The number of carbonyl (C=O) groups is 2. The highest BCUT2D eigenvalue weighted by molar-refractivity contribution is 8.00. The predicted octanol–water partition coefficient (Wildman–Crippen LogP) is 3.34. The molecule has 0 fully saturated rings. The Labute approximate surface area is 151 Å². The molecule has 2 N–H and O–H groups in total. The molecule has 2 aromatic rings. The first-order chi connectivity index (χ1) is 11.5. The summed E-state index contributed by atoms with van der Waals surface area (Å²) in [5.74, 6) is -0.140. The van der Waals surface area contributed by atoms with E-state index < -0.39 is 5.91 Å². The molecule has 6 heteroatoms. The number of hydrogen-bond donors (Lipinski definition) is 1. The first kappa shape index (κ1) is 18.4. The average Bonchev–Trinajstić information content (AvgIpc) is 2.58. The van der Waals surface area contributed by atoms with Crippen LogP contribution in [0.15, 0.2) is 59.5 Å². The minimum atomic E-state index is -0.411. The van der Waals surface area contributed by atoms with Crippen molar-refractivity contribution in [2.75, 3.05) is 12.3 Å². The third-order valence-electron chi connectivity index (χ3n) is 3.37. The van der Waals surface area contributed by atoms with Crippen LogP contribution in [0.4, 0.5) is 0 Å². The Morgan fingerprint density at radius 3 is 2.33 bits per heavy atom. The average molecular weight is 363 g/mol. The van der Waals surface area contributed by atoms with Crippen molar-refractivity contribution in [2.24, 2.45) is 5.73 Å². The highest BCUT2D eigenvalue weighted by atomic mass is 35.5. The minimum Gasteiger partial charge on any atom is -0.370 e. The molecule has 0 aliphatic carbocycles. The lowest BCUT2D eigenvalue weighted by molar-refractivity contribution is -0.129. The first-order valence-electron chi connectivity index (χ1n) is 7.53. The van der Waals surface area contributed by atoms with Crippen LogP contribution in [0.2, 0.25) is 5.02 Å². The largest absolute Gasteiger partial charge is 0.370 e. The molecule has 0 bridgehead atoms. The summed E-state index contributed by atoms with van der Waals surface area (Å²) in [4.78, 5) is 26.2. The first-order valence-corrected chi connectivity index (χ1v) is 8.89. The van der Waals surface area contributed by atoms with Gasteiger partial charge in [-0.05, 0) is 29.8 Å². The molecule has 2 amide bonds. The summed E-state index contributed by atoms with van der Waals surface area (Å²) in [6.07, 6.45) is 0.157. The lowest BCUT2D eigenvalue weighted by Crippen LogP contribution is -2.34. The molecule has 2 rings (SSSR count). The molecular weight excluding hydrogens is 344 g/mol. The van der Waals surface area contributed by atoms with Gasteiger partial charge < -0.3 is 10.6 Å². The minimum absolute atomic E-state index is 0.0277. The molecule has 126 valence electrons. The second kappa shape index (κ2) is 9.35. The third kappa shape index (κ3) is 6.26. The van der Waals surface area contributed by atoms with Crippen molar-refractivity contribution in [3.8, 4) is 0 Å². The van der Waals surface area contributed by atoms with Gasteiger partial charge in [-0.2, -0.15) is 0 Å². The van der Waals surface area contributed by atoms with Crippen molar-refractivity contribution in [1.29, 1.82) is 0 Å². The number of nitrogens with two attached hydrogens (primary N) is 1. The van der Waals surface area contributed by atoms with Gasteiger partial charge in [-0.15, -0.1) is 11.8 Å². The molecule has 0 heterocycles. The van der Waals surface area contributed by atoms with Crippen LogP contribution in [0.1, 0.15) is 12.0 Å². The van der Waals surface area contributed by atoms with Gasteiger partial charge in [0, 0.05) is 29.4 Å². The number of rotatable bonds is 8. The van der Waals surface area contributed by atoms with E-state index in [0.717, 1.165) is 10.5 Å². The molecule has 0 atom stereocenters. The number of benzene rings is 2. The van der Waals surface area contributed by atoms with Crippen LogP contribution in [0.25, 0.3) is 0 Å². The highest BCUT2D eigenvalue weighted by Crippen LogP contribution is 2.21. The summed E-state index contributed by atoms with van der Waals surface area (Å²) in [5, 5.41) is 0.665. The number of amides is 2. The van der Waals surface area contributed by atoms with Crippen LogP contribution < -0.4 is 5.73 Å². The van der Waals surface area contributed by atoms with Crippen LogP contribution in [0.3, 0.4) is 0 Å². The molecule has 24 heavy (non-hydrogen) atoms. The fourth-order valence-electron chi connectivity index (χ4n) is 2.11. The van der Waals surface area contributed by atoms with Crippen molar-refractivity contribution in [1.82, 2.24) is 4.90 Å². The number of halogens is 1. The lowest BCUT2D eigenvalue weighted by atomic mass is 10.2. The highest BCUT2D eigenvalue weighted by Gasteiger charge is 2.15. The number of thioether (sulfide) groups is 1. The molecule has 0 spiro atoms. The Kier molecular flexibility index (Phi) is 7.15. The fourth-order valence-corrected chi connectivity index (χ4v) is 3.04. The maximum absolute atomic E-state index is 12.5. The van der Waals surface area contributed by atoms with Gasteiger partial charge in [0.2, 0.25) is 11.8 Å². The molecule has 0 aromatic heterocycles. The lowest BCUT2D eigenvalue weighted by Gasteiger charge is -2.22. The van der Waals surface area contributed by atoms with Crippen LogP contribution in [0, 0.1) is 0 Å². The monoisotopic (exact) mass is 362 g/mol. The quantitative estimate of drug-likeness (QED) is 0.732. The summed E-state index contributed by atoms with van der Waals surface area (Å²) < 4.78 is 0. The van der Waals surface area contributed by atoms with Crippen LogP contribution in [-0.4, -0.2) is 29.0 Å². The standard InChI is InChI=1S/C18H19ClN2O2S/c19-15-6-8-16(9-7-15)24-13-18(23)21(11-10-17(20)22)12-14-4-2-1-3-5-14/h1-9H,10-13H2,(H2,20,22). The number of primary amides is 1. The smallest absolute Gasteiger partial charge is 0.233 e. The molecule has 4 nitrogen and oxygen atoms in total. The van der Waals surface area contributed by atoms with E-state index in [4.69, 9.17) is 17.3 Å². The van der Waals surface area contributed by atoms with Crippen molar-refractivity contribution in [2.45, 2.75) is 17.9 Å². The topological polar surface area (TPSA) is 63.4 Å². The molecular formula is C18H19ClN2O2S. The van der Waals surface area contributed by atoms with E-state index in [-0.39, 0.29) is 12.3 Å². The zero-order chi connectivity index (χ0) is 17.4. The molecule has 0 unspecified atom stereocenters. The van der Waals surface area contributed by atoms with Gasteiger partial charge in [-0.25, -0.2) is 0 Å². The number of nitrogens with zero attached hydrogens (tertiary/aromatic N) is 1. The number of hydrogen-bond acceptors (Lipinski definition) is 3. The van der Waals surface area contributed by atoms with Crippen LogP contribution >= 0.6 is 23.4 Å². The van der Waals surface area contributed by atoms with E-state index in [1.165, 1.54) is 11.8 Å². The van der Waals surface area contributed by atoms with Gasteiger partial charge >= 0.3 is 0 Å². The molecule has 0 radical (unpaired) electrons. The number of carbonyl (C=O) groups excluding carboxylic acids is 2. The normalized spacial score (nSPS) is 10.4. The molecule has 0 aliphatic rings. The van der Waals surface area contributed by atoms with Crippen molar-refractivity contribution < 1.29 is 9.59 Å². The van der Waals surface area contributed by atoms with E-state index in [1.54, 1.807) is 17.0 Å². The fraction of sp³-hybridized carbons (Fsp3) is 0.222. The predicted molar refractivity (Wildman–Crippen MR) is 97.8 cm³/mol. The van der Waals surface area contributed by atoms with Gasteiger partial charge in [-0.1, -0.05) is 41.9 Å². The third-order valence-corrected chi connectivity index (χ3v) is 4.62. The SMILES string of the molecule is NC(=O)CCN(Cc1ccccc1)C(=O)CSc1ccc(Cl)cc1. The van der Waals surface area contributed by atoms with Gasteiger partial charge in [0.15, 0.2) is 0 Å². The van der Waals surface area contributed by atoms with Crippen molar-refractivity contribution in [3.63, 3.8) is 0 Å². The molecule has 0 saturated heterocycles. The Morgan fingerprint density at radius 2 is 1.71 bits per heavy atom. The maximum Gasteiger partial charge on any atom is 0.233 e. The van der Waals surface area contributed by atoms with Crippen molar-refractivity contribution >= 4 is 35.2 Å². The molecule has 2 aromatic carbocycles.